The van der Waals surface area contributed by atoms with Crippen molar-refractivity contribution in [1.82, 2.24) is 0 Å². The summed E-state index contributed by atoms with van der Waals surface area (Å²) < 4.78 is 0. The molecule has 0 atom stereocenters. The molecule has 1 aliphatic carbocycles. The number of anilines is 1. The van der Waals surface area contributed by atoms with Crippen LogP contribution in [0.3, 0.4) is 0 Å². The van der Waals surface area contributed by atoms with E-state index >= 15 is 0 Å². The maximum Gasteiger partial charge on any atom is 0.138 e. The Morgan fingerprint density at radius 2 is 1.93 bits per heavy atom. The van der Waals surface area contributed by atoms with Crippen LogP contribution in [0.5, 0.6) is 0 Å². The number of benzene rings is 1. The molecule has 2 rings (SSSR count). The number of nitrogens with two attached hydrogens (primary N) is 1. The fourth-order valence-electron chi connectivity index (χ4n) is 2.01. The number of fused-ring (bicyclic) bond motifs is 1. The van der Waals surface area contributed by atoms with Crippen LogP contribution in [-0.2, 0) is 12.8 Å². The molecule has 0 fully saturated rings. The zero-order chi connectivity index (χ0) is 9.97. The van der Waals surface area contributed by atoms with Crippen LogP contribution in [0.2, 0.25) is 0 Å². The van der Waals surface area contributed by atoms with E-state index in [0.717, 1.165) is 23.4 Å². The van der Waals surface area contributed by atoms with Gasteiger partial charge < -0.3 is 5.73 Å². The minimum absolute atomic E-state index is 0.891. The van der Waals surface area contributed by atoms with Crippen LogP contribution in [0.1, 0.15) is 24.0 Å². The van der Waals surface area contributed by atoms with E-state index in [0.29, 0.717) is 0 Å². The Kier molecular flexibility index (Phi) is 2.64. The van der Waals surface area contributed by atoms with Crippen LogP contribution in [0.25, 0.3) is 0 Å². The Labute approximate surface area is 88.1 Å². The highest BCUT2D eigenvalue weighted by Gasteiger charge is 2.15. The second-order valence-corrected chi connectivity index (χ2v) is 4.34. The third-order valence-electron chi connectivity index (χ3n) is 2.68. The molecule has 0 heterocycles. The average Bonchev–Trinajstić information content (AvgIpc) is 2.23. The van der Waals surface area contributed by atoms with E-state index < -0.39 is 0 Å². The number of nitriles is 1. The Morgan fingerprint density at radius 1 is 1.21 bits per heavy atom. The molecule has 0 saturated carbocycles. The molecule has 0 aliphatic heterocycles. The third-order valence-corrected chi connectivity index (χ3v) is 3.38. The Hall–Kier alpha value is -1.14. The number of nitrogen functional groups attached to an aromatic ring is 1. The Morgan fingerprint density at radius 3 is 2.64 bits per heavy atom. The molecule has 1 aromatic rings. The Bertz CT molecular complexity index is 393. The molecule has 0 radical (unpaired) electrons. The van der Waals surface area contributed by atoms with E-state index in [-0.39, 0.29) is 0 Å². The minimum atomic E-state index is 0.891. The van der Waals surface area contributed by atoms with Gasteiger partial charge in [-0.1, -0.05) is 0 Å². The molecule has 0 saturated heterocycles. The molecular formula is C11H12N2S. The van der Waals surface area contributed by atoms with Gasteiger partial charge in [0.15, 0.2) is 0 Å². The monoisotopic (exact) mass is 204 g/mol. The number of thioether (sulfide) groups is 1. The summed E-state index contributed by atoms with van der Waals surface area (Å²) in [4.78, 5) is 1.09. The van der Waals surface area contributed by atoms with Crippen LogP contribution in [0, 0.1) is 10.7 Å². The van der Waals surface area contributed by atoms with Crippen molar-refractivity contribution in [3.63, 3.8) is 0 Å². The van der Waals surface area contributed by atoms with E-state index in [1.165, 1.54) is 35.7 Å². The molecule has 0 unspecified atom stereocenters. The summed E-state index contributed by atoms with van der Waals surface area (Å²) in [5.74, 6) is 0. The number of thiocyanates is 1. The highest BCUT2D eigenvalue weighted by atomic mass is 32.2. The zero-order valence-corrected chi connectivity index (χ0v) is 8.73. The largest absolute Gasteiger partial charge is 0.398 e. The second kappa shape index (κ2) is 3.93. The molecule has 14 heavy (non-hydrogen) atoms. The minimum Gasteiger partial charge on any atom is -0.398 e. The molecular weight excluding hydrogens is 192 g/mol. The number of rotatable bonds is 1. The number of hydrogen-bond acceptors (Lipinski definition) is 3. The first kappa shape index (κ1) is 9.42. The summed E-state index contributed by atoms with van der Waals surface area (Å²) in [5.41, 5.74) is 9.39. The SMILES string of the molecule is N#CSc1ccc(N)c2c1CCCC2. The van der Waals surface area contributed by atoms with Crippen molar-refractivity contribution in [3.8, 4) is 5.40 Å². The Balaban J connectivity index is 2.49. The van der Waals surface area contributed by atoms with Crippen molar-refractivity contribution < 1.29 is 0 Å². The molecule has 2 N–H and O–H groups in total. The van der Waals surface area contributed by atoms with Crippen molar-refractivity contribution in [2.24, 2.45) is 0 Å². The highest BCUT2D eigenvalue weighted by Crippen LogP contribution is 2.33. The van der Waals surface area contributed by atoms with Gasteiger partial charge in [0.1, 0.15) is 5.40 Å². The van der Waals surface area contributed by atoms with Gasteiger partial charge in [-0.3, -0.25) is 0 Å². The van der Waals surface area contributed by atoms with Gasteiger partial charge in [0, 0.05) is 10.6 Å². The van der Waals surface area contributed by atoms with E-state index in [9.17, 15) is 0 Å². The van der Waals surface area contributed by atoms with Gasteiger partial charge in [0.05, 0.1) is 0 Å². The summed E-state index contributed by atoms with van der Waals surface area (Å²) in [6, 6.07) is 3.89. The lowest BCUT2D eigenvalue weighted by molar-refractivity contribution is 0.677. The lowest BCUT2D eigenvalue weighted by Gasteiger charge is -2.19. The van der Waals surface area contributed by atoms with Crippen LogP contribution in [0.15, 0.2) is 17.0 Å². The molecule has 0 amide bonds. The number of hydrogen-bond donors (Lipinski definition) is 1. The predicted molar refractivity (Wildman–Crippen MR) is 59.0 cm³/mol. The van der Waals surface area contributed by atoms with Gasteiger partial charge in [-0.2, -0.15) is 5.26 Å². The second-order valence-electron chi connectivity index (χ2n) is 3.51. The summed E-state index contributed by atoms with van der Waals surface area (Å²) in [6.45, 7) is 0. The standard InChI is InChI=1S/C11H12N2S/c12-7-14-11-6-5-10(13)8-3-1-2-4-9(8)11/h5-6H,1-4,13H2. The summed E-state index contributed by atoms with van der Waals surface area (Å²) >= 11 is 1.25. The van der Waals surface area contributed by atoms with Crippen molar-refractivity contribution in [1.29, 1.82) is 5.26 Å². The summed E-state index contributed by atoms with van der Waals surface area (Å²) in [5, 5.41) is 10.8. The van der Waals surface area contributed by atoms with E-state index in [1.807, 2.05) is 12.1 Å². The van der Waals surface area contributed by atoms with Crippen LogP contribution < -0.4 is 5.73 Å². The molecule has 0 bridgehead atoms. The summed E-state index contributed by atoms with van der Waals surface area (Å²) in [6.07, 6.45) is 4.58. The predicted octanol–water partition coefficient (Wildman–Crippen LogP) is 2.72. The van der Waals surface area contributed by atoms with Crippen molar-refractivity contribution >= 4 is 17.4 Å². The van der Waals surface area contributed by atoms with Crippen LogP contribution in [0.4, 0.5) is 5.69 Å². The first-order valence-electron chi connectivity index (χ1n) is 4.79. The molecule has 3 heteroatoms. The van der Waals surface area contributed by atoms with Gasteiger partial charge in [0.25, 0.3) is 0 Å². The first-order chi connectivity index (χ1) is 6.83. The fourth-order valence-corrected chi connectivity index (χ4v) is 2.59. The van der Waals surface area contributed by atoms with Gasteiger partial charge in [-0.15, -0.1) is 0 Å². The quantitative estimate of drug-likeness (QED) is 0.434. The highest BCUT2D eigenvalue weighted by molar-refractivity contribution is 8.03. The van der Waals surface area contributed by atoms with E-state index in [2.05, 4.69) is 5.40 Å². The lowest BCUT2D eigenvalue weighted by atomic mass is 9.90. The van der Waals surface area contributed by atoms with Gasteiger partial charge in [-0.05, 0) is 60.7 Å². The topological polar surface area (TPSA) is 49.8 Å². The van der Waals surface area contributed by atoms with Crippen molar-refractivity contribution in [2.75, 3.05) is 5.73 Å². The smallest absolute Gasteiger partial charge is 0.138 e. The maximum atomic E-state index is 8.67. The third kappa shape index (κ3) is 1.58. The molecule has 1 aromatic carbocycles. The molecule has 0 aromatic heterocycles. The molecule has 72 valence electrons. The van der Waals surface area contributed by atoms with E-state index in [4.69, 9.17) is 11.0 Å². The van der Waals surface area contributed by atoms with Crippen LogP contribution in [-0.4, -0.2) is 0 Å². The fraction of sp³-hybridized carbons (Fsp3) is 0.364. The van der Waals surface area contributed by atoms with Crippen LogP contribution >= 0.6 is 11.8 Å². The lowest BCUT2D eigenvalue weighted by Crippen LogP contribution is -2.07. The number of nitrogens with zero attached hydrogens (tertiary/aromatic N) is 1. The van der Waals surface area contributed by atoms with Gasteiger partial charge in [0.2, 0.25) is 0 Å². The van der Waals surface area contributed by atoms with Crippen molar-refractivity contribution in [2.45, 2.75) is 30.6 Å². The average molecular weight is 204 g/mol. The normalized spacial score (nSPS) is 14.5. The summed E-state index contributed by atoms with van der Waals surface area (Å²) in [7, 11) is 0. The zero-order valence-electron chi connectivity index (χ0n) is 7.92. The first-order valence-corrected chi connectivity index (χ1v) is 5.60. The molecule has 2 nitrogen and oxygen atoms in total. The molecule has 0 spiro atoms. The molecule has 1 aliphatic rings. The van der Waals surface area contributed by atoms with E-state index in [1.54, 1.807) is 0 Å². The maximum absolute atomic E-state index is 8.67. The van der Waals surface area contributed by atoms with Crippen molar-refractivity contribution in [3.05, 3.63) is 23.3 Å². The van der Waals surface area contributed by atoms with Gasteiger partial charge >= 0.3 is 0 Å². The van der Waals surface area contributed by atoms with Gasteiger partial charge in [-0.25, -0.2) is 0 Å².